The Morgan fingerprint density at radius 3 is 1.48 bits per heavy atom. The van der Waals surface area contributed by atoms with Crippen molar-refractivity contribution in [3.8, 4) is 67.4 Å². The zero-order chi connectivity index (χ0) is 30.7. The molecule has 0 spiro atoms. The average molecular weight is 588 g/mol. The van der Waals surface area contributed by atoms with Crippen LogP contribution < -0.4 is 0 Å². The number of aromatic nitrogens is 3. The highest BCUT2D eigenvalue weighted by Gasteiger charge is 2.14. The van der Waals surface area contributed by atoms with Gasteiger partial charge >= 0.3 is 0 Å². The molecule has 3 heteroatoms. The number of rotatable bonds is 6. The van der Waals surface area contributed by atoms with Crippen LogP contribution in [0.3, 0.4) is 0 Å². The van der Waals surface area contributed by atoms with Gasteiger partial charge in [-0.25, -0.2) is 15.0 Å². The molecule has 0 aliphatic heterocycles. The maximum atomic E-state index is 5.13. The molecule has 0 bridgehead atoms. The van der Waals surface area contributed by atoms with Crippen LogP contribution in [-0.2, 0) is 0 Å². The van der Waals surface area contributed by atoms with E-state index in [9.17, 15) is 0 Å². The minimum absolute atomic E-state index is 0.701. The van der Waals surface area contributed by atoms with E-state index in [1.807, 2.05) is 48.5 Å². The Morgan fingerprint density at radius 1 is 0.304 bits per heavy atom. The van der Waals surface area contributed by atoms with Gasteiger partial charge in [-0.1, -0.05) is 152 Å². The Labute approximate surface area is 268 Å². The topological polar surface area (TPSA) is 38.7 Å². The van der Waals surface area contributed by atoms with Crippen LogP contribution in [0.2, 0.25) is 0 Å². The third kappa shape index (κ3) is 5.47. The molecule has 0 aliphatic rings. The number of pyridine rings is 1. The second kappa shape index (κ2) is 12.1. The van der Waals surface area contributed by atoms with Crippen LogP contribution in [0.5, 0.6) is 0 Å². The summed E-state index contributed by atoms with van der Waals surface area (Å²) in [4.78, 5) is 15.2. The highest BCUT2D eigenvalue weighted by atomic mass is 14.9. The van der Waals surface area contributed by atoms with E-state index in [1.54, 1.807) is 0 Å². The summed E-state index contributed by atoms with van der Waals surface area (Å²) in [5.41, 5.74) is 12.4. The second-order valence-electron chi connectivity index (χ2n) is 11.3. The monoisotopic (exact) mass is 587 g/mol. The lowest BCUT2D eigenvalue weighted by Crippen LogP contribution is -1.96. The van der Waals surface area contributed by atoms with Crippen molar-refractivity contribution in [3.05, 3.63) is 176 Å². The molecule has 0 saturated carbocycles. The molecule has 3 nitrogen and oxygen atoms in total. The van der Waals surface area contributed by atoms with Gasteiger partial charge in [0.1, 0.15) is 0 Å². The van der Waals surface area contributed by atoms with E-state index in [1.165, 1.54) is 0 Å². The Morgan fingerprint density at radius 2 is 0.826 bits per heavy atom. The van der Waals surface area contributed by atoms with Crippen LogP contribution in [0.15, 0.2) is 176 Å². The second-order valence-corrected chi connectivity index (χ2v) is 11.3. The highest BCUT2D eigenvalue weighted by molar-refractivity contribution is 5.92. The van der Waals surface area contributed by atoms with Crippen molar-refractivity contribution in [2.24, 2.45) is 0 Å². The van der Waals surface area contributed by atoms with E-state index in [2.05, 4.69) is 127 Å². The number of hydrogen-bond donors (Lipinski definition) is 0. The summed E-state index contributed by atoms with van der Waals surface area (Å²) in [7, 11) is 0. The van der Waals surface area contributed by atoms with Gasteiger partial charge in [0.05, 0.1) is 22.6 Å². The first-order valence-electron chi connectivity index (χ1n) is 15.4. The summed E-state index contributed by atoms with van der Waals surface area (Å²) in [5.74, 6) is 0.701. The maximum Gasteiger partial charge on any atom is 0.160 e. The Bertz CT molecular complexity index is 2220. The molecule has 0 N–H and O–H groups in total. The SMILES string of the molecule is c1ccc(-c2cc(-c3ccccc3)nc(-c3cccc(-c4ccc(-c5nc6ccccc6cc5-c5ccccc5)cc4)c3)n2)cc1. The molecule has 0 saturated heterocycles. The Hall–Kier alpha value is -6.19. The van der Waals surface area contributed by atoms with Crippen LogP contribution in [0.25, 0.3) is 78.3 Å². The van der Waals surface area contributed by atoms with Gasteiger partial charge in [-0.2, -0.15) is 0 Å². The summed E-state index contributed by atoms with van der Waals surface area (Å²) in [6.45, 7) is 0. The van der Waals surface area contributed by atoms with Crippen LogP contribution in [-0.4, -0.2) is 15.0 Å². The molecule has 6 aromatic carbocycles. The quantitative estimate of drug-likeness (QED) is 0.194. The molecule has 2 heterocycles. The fourth-order valence-corrected chi connectivity index (χ4v) is 5.92. The van der Waals surface area contributed by atoms with Crippen molar-refractivity contribution in [1.29, 1.82) is 0 Å². The molecule has 0 fully saturated rings. The van der Waals surface area contributed by atoms with E-state index in [-0.39, 0.29) is 0 Å². The largest absolute Gasteiger partial charge is 0.247 e. The van der Waals surface area contributed by atoms with E-state index >= 15 is 0 Å². The molecule has 0 radical (unpaired) electrons. The molecule has 46 heavy (non-hydrogen) atoms. The molecule has 2 aromatic heterocycles. The highest BCUT2D eigenvalue weighted by Crippen LogP contribution is 2.35. The van der Waals surface area contributed by atoms with E-state index in [0.717, 1.165) is 72.5 Å². The lowest BCUT2D eigenvalue weighted by molar-refractivity contribution is 1.18. The predicted molar refractivity (Wildman–Crippen MR) is 190 cm³/mol. The van der Waals surface area contributed by atoms with Gasteiger partial charge in [0.15, 0.2) is 5.82 Å². The van der Waals surface area contributed by atoms with Gasteiger partial charge in [-0.3, -0.25) is 0 Å². The van der Waals surface area contributed by atoms with Crippen LogP contribution in [0, 0.1) is 0 Å². The number of nitrogens with zero attached hydrogens (tertiary/aromatic N) is 3. The van der Waals surface area contributed by atoms with Crippen molar-refractivity contribution in [2.45, 2.75) is 0 Å². The van der Waals surface area contributed by atoms with Crippen LogP contribution in [0.4, 0.5) is 0 Å². The molecular weight excluding hydrogens is 558 g/mol. The zero-order valence-electron chi connectivity index (χ0n) is 25.1. The van der Waals surface area contributed by atoms with E-state index < -0.39 is 0 Å². The van der Waals surface area contributed by atoms with Crippen LogP contribution in [0.1, 0.15) is 0 Å². The zero-order valence-corrected chi connectivity index (χ0v) is 25.1. The first-order chi connectivity index (χ1) is 22.8. The number of fused-ring (bicyclic) bond motifs is 1. The summed E-state index contributed by atoms with van der Waals surface area (Å²) in [5, 5.41) is 1.13. The normalized spacial score (nSPS) is 11.0. The Balaban J connectivity index is 1.18. The Kier molecular flexibility index (Phi) is 7.18. The molecular formula is C43H29N3. The number of hydrogen-bond acceptors (Lipinski definition) is 3. The molecule has 0 atom stereocenters. The number of para-hydroxylation sites is 1. The maximum absolute atomic E-state index is 5.13. The molecule has 8 aromatic rings. The molecule has 8 rings (SSSR count). The minimum atomic E-state index is 0.701. The number of benzene rings is 6. The predicted octanol–water partition coefficient (Wildman–Crippen LogP) is 11.0. The first kappa shape index (κ1) is 27.4. The van der Waals surface area contributed by atoms with Crippen molar-refractivity contribution >= 4 is 10.9 Å². The van der Waals surface area contributed by atoms with E-state index in [4.69, 9.17) is 15.0 Å². The standard InChI is InChI=1S/C43H29N3/c1-4-13-31(14-5-1)38-28-36-19-10-11-22-39(36)44-42(38)34-25-23-30(24-26-34)35-20-12-21-37(27-35)43-45-40(32-15-6-2-7-16-32)29-41(46-43)33-17-8-3-9-18-33/h1-29H. The third-order valence-corrected chi connectivity index (χ3v) is 8.29. The first-order valence-corrected chi connectivity index (χ1v) is 15.4. The van der Waals surface area contributed by atoms with Gasteiger partial charge in [-0.05, 0) is 41.0 Å². The summed E-state index contributed by atoms with van der Waals surface area (Å²) >= 11 is 0. The van der Waals surface area contributed by atoms with Crippen molar-refractivity contribution in [2.75, 3.05) is 0 Å². The lowest BCUT2D eigenvalue weighted by atomic mass is 9.95. The van der Waals surface area contributed by atoms with E-state index in [0.29, 0.717) is 5.82 Å². The molecule has 0 unspecified atom stereocenters. The fraction of sp³-hybridized carbons (Fsp3) is 0. The average Bonchev–Trinajstić information content (AvgIpc) is 3.15. The summed E-state index contributed by atoms with van der Waals surface area (Å²) in [6.07, 6.45) is 0. The minimum Gasteiger partial charge on any atom is -0.247 e. The fourth-order valence-electron chi connectivity index (χ4n) is 5.92. The van der Waals surface area contributed by atoms with Crippen molar-refractivity contribution < 1.29 is 0 Å². The molecule has 0 aliphatic carbocycles. The van der Waals surface area contributed by atoms with Gasteiger partial charge in [0.25, 0.3) is 0 Å². The summed E-state index contributed by atoms with van der Waals surface area (Å²) < 4.78 is 0. The lowest BCUT2D eigenvalue weighted by Gasteiger charge is -2.13. The van der Waals surface area contributed by atoms with Gasteiger partial charge in [-0.15, -0.1) is 0 Å². The van der Waals surface area contributed by atoms with Gasteiger partial charge in [0.2, 0.25) is 0 Å². The van der Waals surface area contributed by atoms with Gasteiger partial charge in [0, 0.05) is 33.2 Å². The summed E-state index contributed by atoms with van der Waals surface area (Å²) in [6, 6.07) is 60.9. The van der Waals surface area contributed by atoms with Crippen molar-refractivity contribution in [1.82, 2.24) is 15.0 Å². The third-order valence-electron chi connectivity index (χ3n) is 8.29. The molecule has 0 amide bonds. The van der Waals surface area contributed by atoms with Gasteiger partial charge < -0.3 is 0 Å². The smallest absolute Gasteiger partial charge is 0.160 e. The molecule has 216 valence electrons. The van der Waals surface area contributed by atoms with Crippen molar-refractivity contribution in [3.63, 3.8) is 0 Å². The van der Waals surface area contributed by atoms with Crippen LogP contribution >= 0.6 is 0 Å².